The standard InChI is InChI=1S/C10H9BrF3NO4/c1-18-7(16)2-6-5(3-11)4-15-9(17)8(6)19-10(12,13)14/h4H,2-3H2,1H3,(H,15,17). The molecule has 106 valence electrons. The molecule has 0 aliphatic carbocycles. The molecule has 9 heteroatoms. The lowest BCUT2D eigenvalue weighted by atomic mass is 10.1. The van der Waals surface area contributed by atoms with Crippen molar-refractivity contribution in [3.8, 4) is 5.75 Å². The first-order valence-electron chi connectivity index (χ1n) is 4.90. The number of carbonyl (C=O) groups excluding carboxylic acids is 1. The van der Waals surface area contributed by atoms with Crippen molar-refractivity contribution in [1.29, 1.82) is 0 Å². The molecular formula is C10H9BrF3NO4. The van der Waals surface area contributed by atoms with E-state index in [9.17, 15) is 22.8 Å². The molecular weight excluding hydrogens is 335 g/mol. The minimum atomic E-state index is -5.02. The number of hydrogen-bond donors (Lipinski definition) is 1. The van der Waals surface area contributed by atoms with E-state index >= 15 is 0 Å². The average Bonchev–Trinajstić information content (AvgIpc) is 2.32. The summed E-state index contributed by atoms with van der Waals surface area (Å²) in [5.41, 5.74) is -0.935. The van der Waals surface area contributed by atoms with Crippen LogP contribution in [0.15, 0.2) is 11.0 Å². The van der Waals surface area contributed by atoms with Gasteiger partial charge in [0.2, 0.25) is 0 Å². The fourth-order valence-corrected chi connectivity index (χ4v) is 1.84. The Morgan fingerprint density at radius 1 is 1.47 bits per heavy atom. The number of ether oxygens (including phenoxy) is 2. The van der Waals surface area contributed by atoms with Crippen LogP contribution >= 0.6 is 15.9 Å². The van der Waals surface area contributed by atoms with Crippen LogP contribution in [0.5, 0.6) is 5.75 Å². The fourth-order valence-electron chi connectivity index (χ4n) is 1.34. The first-order chi connectivity index (χ1) is 8.78. The molecule has 1 aromatic heterocycles. The van der Waals surface area contributed by atoms with Crippen LogP contribution in [0.2, 0.25) is 0 Å². The second kappa shape index (κ2) is 6.09. The molecule has 1 rings (SSSR count). The second-order valence-corrected chi connectivity index (χ2v) is 3.95. The molecule has 1 aromatic rings. The van der Waals surface area contributed by atoms with Crippen molar-refractivity contribution >= 4 is 21.9 Å². The molecule has 0 aromatic carbocycles. The van der Waals surface area contributed by atoms with E-state index in [0.717, 1.165) is 7.11 Å². The summed E-state index contributed by atoms with van der Waals surface area (Å²) in [7, 11) is 1.09. The van der Waals surface area contributed by atoms with Crippen LogP contribution in [-0.4, -0.2) is 24.4 Å². The zero-order chi connectivity index (χ0) is 14.6. The summed E-state index contributed by atoms with van der Waals surface area (Å²) in [4.78, 5) is 24.7. The summed E-state index contributed by atoms with van der Waals surface area (Å²) in [5, 5.41) is 0.143. The molecule has 0 spiro atoms. The van der Waals surface area contributed by atoms with Crippen LogP contribution in [-0.2, 0) is 21.3 Å². The molecule has 0 aliphatic rings. The number of hydrogen-bond acceptors (Lipinski definition) is 4. The van der Waals surface area contributed by atoms with Crippen molar-refractivity contribution in [3.05, 3.63) is 27.7 Å². The van der Waals surface area contributed by atoms with E-state index in [-0.39, 0.29) is 10.9 Å². The summed E-state index contributed by atoms with van der Waals surface area (Å²) in [6.07, 6.45) is -4.31. The average molecular weight is 344 g/mol. The number of esters is 1. The maximum absolute atomic E-state index is 12.3. The highest BCUT2D eigenvalue weighted by Crippen LogP contribution is 2.26. The topological polar surface area (TPSA) is 68.4 Å². The molecule has 1 heterocycles. The van der Waals surface area contributed by atoms with Gasteiger partial charge in [0, 0.05) is 17.1 Å². The molecule has 1 N–H and O–H groups in total. The van der Waals surface area contributed by atoms with Gasteiger partial charge in [-0.3, -0.25) is 9.59 Å². The van der Waals surface area contributed by atoms with Crippen LogP contribution in [0.25, 0.3) is 0 Å². The van der Waals surface area contributed by atoms with Crippen molar-refractivity contribution in [2.45, 2.75) is 18.1 Å². The molecule has 0 amide bonds. The van der Waals surface area contributed by atoms with E-state index in [1.54, 1.807) is 0 Å². The number of H-pyrrole nitrogens is 1. The number of alkyl halides is 4. The molecule has 0 unspecified atom stereocenters. The first-order valence-corrected chi connectivity index (χ1v) is 6.02. The van der Waals surface area contributed by atoms with Crippen LogP contribution in [0.1, 0.15) is 11.1 Å². The summed E-state index contributed by atoms with van der Waals surface area (Å²) >= 11 is 3.05. The highest BCUT2D eigenvalue weighted by atomic mass is 79.9. The van der Waals surface area contributed by atoms with E-state index in [1.165, 1.54) is 6.20 Å². The van der Waals surface area contributed by atoms with Crippen LogP contribution in [0.3, 0.4) is 0 Å². The quantitative estimate of drug-likeness (QED) is 0.669. The van der Waals surface area contributed by atoms with E-state index in [0.29, 0.717) is 5.56 Å². The minimum absolute atomic E-state index is 0.143. The third kappa shape index (κ3) is 4.27. The van der Waals surface area contributed by atoms with Crippen LogP contribution in [0.4, 0.5) is 13.2 Å². The van der Waals surface area contributed by atoms with Gasteiger partial charge in [0.15, 0.2) is 5.75 Å². The Kier molecular flexibility index (Phi) is 4.98. The number of pyridine rings is 1. The lowest BCUT2D eigenvalue weighted by Crippen LogP contribution is -2.25. The Balaban J connectivity index is 3.32. The Hall–Kier alpha value is -1.51. The molecule has 0 atom stereocenters. The summed E-state index contributed by atoms with van der Waals surface area (Å²) in [6, 6.07) is 0. The molecule has 0 saturated carbocycles. The SMILES string of the molecule is COC(=O)Cc1c(CBr)c[nH]c(=O)c1OC(F)(F)F. The highest BCUT2D eigenvalue weighted by Gasteiger charge is 2.34. The lowest BCUT2D eigenvalue weighted by molar-refractivity contribution is -0.275. The van der Waals surface area contributed by atoms with Crippen molar-refractivity contribution in [2.75, 3.05) is 7.11 Å². The minimum Gasteiger partial charge on any atom is -0.469 e. The van der Waals surface area contributed by atoms with Crippen molar-refractivity contribution in [2.24, 2.45) is 0 Å². The molecule has 0 radical (unpaired) electrons. The van der Waals surface area contributed by atoms with Crippen LogP contribution < -0.4 is 10.3 Å². The van der Waals surface area contributed by atoms with Gasteiger partial charge < -0.3 is 14.5 Å². The summed E-state index contributed by atoms with van der Waals surface area (Å²) in [5.74, 6) is -1.73. The van der Waals surface area contributed by atoms with Gasteiger partial charge in [0.05, 0.1) is 13.5 Å². The number of aromatic nitrogens is 1. The van der Waals surface area contributed by atoms with E-state index < -0.39 is 30.1 Å². The molecule has 0 aliphatic heterocycles. The van der Waals surface area contributed by atoms with Gasteiger partial charge >= 0.3 is 12.3 Å². The Morgan fingerprint density at radius 2 is 2.11 bits per heavy atom. The smallest absolute Gasteiger partial charge is 0.469 e. The van der Waals surface area contributed by atoms with Crippen molar-refractivity contribution in [1.82, 2.24) is 4.98 Å². The lowest BCUT2D eigenvalue weighted by Gasteiger charge is -2.14. The summed E-state index contributed by atoms with van der Waals surface area (Å²) < 4.78 is 44.8. The molecule has 0 bridgehead atoms. The van der Waals surface area contributed by atoms with Gasteiger partial charge in [-0.25, -0.2) is 0 Å². The molecule has 0 fully saturated rings. The maximum atomic E-state index is 12.3. The monoisotopic (exact) mass is 343 g/mol. The Bertz CT molecular complexity index is 526. The number of halogens is 4. The predicted octanol–water partition coefficient (Wildman–Crippen LogP) is 1.88. The van der Waals surface area contributed by atoms with Gasteiger partial charge in [-0.1, -0.05) is 15.9 Å². The third-order valence-electron chi connectivity index (χ3n) is 2.16. The van der Waals surface area contributed by atoms with E-state index in [2.05, 4.69) is 30.4 Å². The maximum Gasteiger partial charge on any atom is 0.573 e. The van der Waals surface area contributed by atoms with E-state index in [1.807, 2.05) is 0 Å². The Morgan fingerprint density at radius 3 is 2.58 bits per heavy atom. The third-order valence-corrected chi connectivity index (χ3v) is 2.76. The Labute approximate surface area is 113 Å². The highest BCUT2D eigenvalue weighted by molar-refractivity contribution is 9.08. The van der Waals surface area contributed by atoms with Gasteiger partial charge in [0.1, 0.15) is 0 Å². The van der Waals surface area contributed by atoms with Crippen LogP contribution in [0, 0.1) is 0 Å². The van der Waals surface area contributed by atoms with Gasteiger partial charge in [0.25, 0.3) is 5.56 Å². The molecule has 19 heavy (non-hydrogen) atoms. The summed E-state index contributed by atoms with van der Waals surface area (Å²) in [6.45, 7) is 0. The van der Waals surface area contributed by atoms with Gasteiger partial charge in [-0.15, -0.1) is 13.2 Å². The molecule has 0 saturated heterocycles. The molecule has 5 nitrogen and oxygen atoms in total. The number of nitrogens with one attached hydrogen (secondary N) is 1. The van der Waals surface area contributed by atoms with E-state index in [4.69, 9.17) is 0 Å². The first kappa shape index (κ1) is 15.5. The largest absolute Gasteiger partial charge is 0.573 e. The number of rotatable bonds is 4. The van der Waals surface area contributed by atoms with Gasteiger partial charge in [-0.05, 0) is 5.56 Å². The zero-order valence-corrected chi connectivity index (χ0v) is 11.2. The number of carbonyl (C=O) groups is 1. The normalized spacial score (nSPS) is 11.2. The van der Waals surface area contributed by atoms with Crippen molar-refractivity contribution in [3.63, 3.8) is 0 Å². The van der Waals surface area contributed by atoms with Gasteiger partial charge in [-0.2, -0.15) is 0 Å². The number of aromatic amines is 1. The second-order valence-electron chi connectivity index (χ2n) is 3.39. The fraction of sp³-hybridized carbons (Fsp3) is 0.400. The zero-order valence-electron chi connectivity index (χ0n) is 9.64. The van der Waals surface area contributed by atoms with Crippen molar-refractivity contribution < 1.29 is 27.4 Å². The number of methoxy groups -OCH3 is 1. The predicted molar refractivity (Wildman–Crippen MR) is 62.1 cm³/mol.